The largest absolute Gasteiger partial charge is 0.337 e. The van der Waals surface area contributed by atoms with Gasteiger partial charge in [0.1, 0.15) is 6.54 Å². The van der Waals surface area contributed by atoms with Crippen LogP contribution in [0.1, 0.15) is 25.3 Å². The monoisotopic (exact) mass is 321 g/mol. The summed E-state index contributed by atoms with van der Waals surface area (Å²) in [5.41, 5.74) is 0.285. The molecule has 0 spiro atoms. The summed E-state index contributed by atoms with van der Waals surface area (Å²) in [7, 11) is 0. The zero-order chi connectivity index (χ0) is 15.9. The summed E-state index contributed by atoms with van der Waals surface area (Å²) in [6, 6.07) is 4.30. The van der Waals surface area contributed by atoms with Crippen molar-refractivity contribution in [2.45, 2.75) is 32.9 Å². The molecule has 2 aromatic heterocycles. The first-order valence-corrected chi connectivity index (χ1v) is 8.13. The van der Waals surface area contributed by atoms with Gasteiger partial charge in [0, 0.05) is 25.2 Å². The molecule has 0 bridgehead atoms. The van der Waals surface area contributed by atoms with Gasteiger partial charge in [0.2, 0.25) is 5.91 Å². The van der Waals surface area contributed by atoms with E-state index in [0.717, 1.165) is 29.2 Å². The third kappa shape index (κ3) is 4.42. The number of carbonyl (C=O) groups is 1. The Kier molecular flexibility index (Phi) is 5.71. The number of H-pyrrole nitrogens is 1. The highest BCUT2D eigenvalue weighted by Gasteiger charge is 2.15. The molecule has 118 valence electrons. The van der Waals surface area contributed by atoms with Crippen LogP contribution in [0, 0.1) is 0 Å². The summed E-state index contributed by atoms with van der Waals surface area (Å²) in [4.78, 5) is 37.1. The summed E-state index contributed by atoms with van der Waals surface area (Å²) in [6.45, 7) is 3.07. The Labute approximate surface area is 132 Å². The first-order chi connectivity index (χ1) is 10.6. The van der Waals surface area contributed by atoms with Crippen LogP contribution < -0.4 is 11.1 Å². The summed E-state index contributed by atoms with van der Waals surface area (Å²) in [5.74, 6) is -0.177. The first kappa shape index (κ1) is 16.2. The zero-order valence-electron chi connectivity index (χ0n) is 12.4. The van der Waals surface area contributed by atoms with Gasteiger partial charge in [-0.2, -0.15) is 11.3 Å². The molecule has 0 fully saturated rings. The van der Waals surface area contributed by atoms with E-state index in [1.54, 1.807) is 16.2 Å². The summed E-state index contributed by atoms with van der Waals surface area (Å²) in [6.07, 6.45) is 1.88. The van der Waals surface area contributed by atoms with E-state index in [9.17, 15) is 14.4 Å². The fraction of sp³-hybridized carbons (Fsp3) is 0.400. The van der Waals surface area contributed by atoms with Crippen molar-refractivity contribution in [3.63, 3.8) is 0 Å². The topological polar surface area (TPSA) is 75.2 Å². The minimum atomic E-state index is -0.398. The maximum absolute atomic E-state index is 12.5. The first-order valence-electron chi connectivity index (χ1n) is 7.19. The number of hydrogen-bond donors (Lipinski definition) is 1. The Bertz CT molecular complexity index is 718. The Hall–Kier alpha value is -2.15. The number of aromatic nitrogens is 2. The number of thiophene rings is 1. The molecule has 6 nitrogen and oxygen atoms in total. The van der Waals surface area contributed by atoms with Crippen LogP contribution >= 0.6 is 11.3 Å². The van der Waals surface area contributed by atoms with E-state index in [-0.39, 0.29) is 18.0 Å². The van der Waals surface area contributed by atoms with Crippen LogP contribution in [0.2, 0.25) is 0 Å². The van der Waals surface area contributed by atoms with E-state index < -0.39 is 5.56 Å². The Morgan fingerprint density at radius 3 is 2.82 bits per heavy atom. The molecule has 0 unspecified atom stereocenters. The van der Waals surface area contributed by atoms with Gasteiger partial charge >= 0.3 is 0 Å². The maximum atomic E-state index is 12.5. The van der Waals surface area contributed by atoms with Gasteiger partial charge in [-0.05, 0) is 28.8 Å². The molecule has 0 aliphatic carbocycles. The van der Waals surface area contributed by atoms with Crippen molar-refractivity contribution in [3.05, 3.63) is 55.2 Å². The highest BCUT2D eigenvalue weighted by molar-refractivity contribution is 7.07. The third-order valence-electron chi connectivity index (χ3n) is 3.27. The molecular formula is C15H19N3O3S. The van der Waals surface area contributed by atoms with Gasteiger partial charge in [-0.25, -0.2) is 4.68 Å². The molecule has 2 heterocycles. The smallest absolute Gasteiger partial charge is 0.265 e. The van der Waals surface area contributed by atoms with Crippen molar-refractivity contribution in [3.8, 4) is 0 Å². The molecule has 0 aliphatic heterocycles. The van der Waals surface area contributed by atoms with Gasteiger partial charge in [0.25, 0.3) is 11.1 Å². The predicted octanol–water partition coefficient (Wildman–Crippen LogP) is 1.43. The van der Waals surface area contributed by atoms with Crippen molar-refractivity contribution in [1.82, 2.24) is 14.7 Å². The van der Waals surface area contributed by atoms with Crippen LogP contribution in [0.5, 0.6) is 0 Å². The molecule has 0 aliphatic rings. The second-order valence-electron chi connectivity index (χ2n) is 5.03. The van der Waals surface area contributed by atoms with E-state index in [1.165, 1.54) is 6.07 Å². The lowest BCUT2D eigenvalue weighted by Gasteiger charge is -2.22. The van der Waals surface area contributed by atoms with E-state index in [1.807, 2.05) is 16.8 Å². The predicted molar refractivity (Wildman–Crippen MR) is 86.0 cm³/mol. The Morgan fingerprint density at radius 1 is 1.32 bits per heavy atom. The lowest BCUT2D eigenvalue weighted by molar-refractivity contribution is -0.132. The highest BCUT2D eigenvalue weighted by atomic mass is 32.1. The molecule has 0 saturated heterocycles. The summed E-state index contributed by atoms with van der Waals surface area (Å²) >= 11 is 1.58. The summed E-state index contributed by atoms with van der Waals surface area (Å²) in [5, 5.41) is 6.35. The molecule has 2 rings (SSSR count). The average Bonchev–Trinajstić information content (AvgIpc) is 3.00. The lowest BCUT2D eigenvalue weighted by atomic mass is 10.2. The van der Waals surface area contributed by atoms with Gasteiger partial charge in [0.05, 0.1) is 0 Å². The molecule has 0 atom stereocenters. The van der Waals surface area contributed by atoms with Crippen molar-refractivity contribution in [1.29, 1.82) is 0 Å². The minimum absolute atomic E-state index is 0.150. The fourth-order valence-electron chi connectivity index (χ4n) is 2.06. The number of carbonyl (C=O) groups excluding carboxylic acids is 1. The van der Waals surface area contributed by atoms with E-state index in [2.05, 4.69) is 12.0 Å². The zero-order valence-corrected chi connectivity index (χ0v) is 13.3. The van der Waals surface area contributed by atoms with Crippen LogP contribution in [-0.4, -0.2) is 27.1 Å². The highest BCUT2D eigenvalue weighted by Crippen LogP contribution is 2.10. The number of rotatable bonds is 7. The van der Waals surface area contributed by atoms with Crippen LogP contribution in [0.3, 0.4) is 0 Å². The van der Waals surface area contributed by atoms with Gasteiger partial charge in [-0.1, -0.05) is 13.3 Å². The van der Waals surface area contributed by atoms with Crippen LogP contribution in [-0.2, 0) is 17.9 Å². The number of amides is 1. The quantitative estimate of drug-likeness (QED) is 0.838. The van der Waals surface area contributed by atoms with Gasteiger partial charge < -0.3 is 4.90 Å². The number of nitrogens with zero attached hydrogens (tertiary/aromatic N) is 2. The SMILES string of the molecule is CCCCN(Cc1ccsc1)C(=O)Cn1[nH]c(=O)ccc1=O. The van der Waals surface area contributed by atoms with Gasteiger partial charge in [-0.15, -0.1) is 0 Å². The van der Waals surface area contributed by atoms with Crippen LogP contribution in [0.15, 0.2) is 38.5 Å². The molecule has 7 heteroatoms. The van der Waals surface area contributed by atoms with Crippen LogP contribution in [0.4, 0.5) is 0 Å². The van der Waals surface area contributed by atoms with Gasteiger partial charge in [-0.3, -0.25) is 19.5 Å². The molecule has 1 N–H and O–H groups in total. The summed E-state index contributed by atoms with van der Waals surface area (Å²) < 4.78 is 1.05. The van der Waals surface area contributed by atoms with E-state index in [4.69, 9.17) is 0 Å². The second-order valence-corrected chi connectivity index (χ2v) is 5.81. The Morgan fingerprint density at radius 2 is 2.14 bits per heavy atom. The third-order valence-corrected chi connectivity index (χ3v) is 4.00. The maximum Gasteiger partial charge on any atom is 0.265 e. The Balaban J connectivity index is 2.12. The standard InChI is InChI=1S/C15H19N3O3S/c1-2-3-7-17(9-12-6-8-22-11-12)15(21)10-18-14(20)5-4-13(19)16-18/h4-6,8,11H,2-3,7,9-10H2,1H3,(H,16,19). The minimum Gasteiger partial charge on any atom is -0.337 e. The van der Waals surface area contributed by atoms with E-state index >= 15 is 0 Å². The number of hydrogen-bond acceptors (Lipinski definition) is 4. The van der Waals surface area contributed by atoms with Crippen molar-refractivity contribution in [2.75, 3.05) is 6.54 Å². The molecule has 1 amide bonds. The number of aromatic amines is 1. The molecular weight excluding hydrogens is 302 g/mol. The fourth-order valence-corrected chi connectivity index (χ4v) is 2.72. The van der Waals surface area contributed by atoms with Crippen molar-refractivity contribution in [2.24, 2.45) is 0 Å². The van der Waals surface area contributed by atoms with E-state index in [0.29, 0.717) is 13.1 Å². The second kappa shape index (κ2) is 7.74. The molecule has 2 aromatic rings. The lowest BCUT2D eigenvalue weighted by Crippen LogP contribution is -2.38. The molecule has 0 aromatic carbocycles. The normalized spacial score (nSPS) is 10.6. The molecule has 22 heavy (non-hydrogen) atoms. The van der Waals surface area contributed by atoms with Crippen molar-refractivity contribution < 1.29 is 4.79 Å². The molecule has 0 saturated carbocycles. The van der Waals surface area contributed by atoms with Gasteiger partial charge in [0.15, 0.2) is 0 Å². The number of unbranched alkanes of at least 4 members (excludes halogenated alkanes) is 1. The van der Waals surface area contributed by atoms with Crippen LogP contribution in [0.25, 0.3) is 0 Å². The average molecular weight is 321 g/mol. The number of nitrogens with one attached hydrogen (secondary N) is 1. The van der Waals surface area contributed by atoms with Crippen molar-refractivity contribution >= 4 is 17.2 Å². The molecule has 0 radical (unpaired) electrons.